The molecule has 1 saturated carbocycles. The Labute approximate surface area is 127 Å². The maximum atomic E-state index is 11.6. The SMILES string of the molecule is Cl.O=C(CCCNC(=O)C1CC1)NCC1CCCNC1. The molecule has 0 aromatic carbocycles. The van der Waals surface area contributed by atoms with Crippen LogP contribution < -0.4 is 16.0 Å². The van der Waals surface area contributed by atoms with Crippen molar-refractivity contribution >= 4 is 24.2 Å². The number of hydrogen-bond donors (Lipinski definition) is 3. The number of rotatable bonds is 7. The molecule has 1 atom stereocenters. The number of carbonyl (C=O) groups excluding carboxylic acids is 2. The van der Waals surface area contributed by atoms with Gasteiger partial charge in [0, 0.05) is 25.4 Å². The summed E-state index contributed by atoms with van der Waals surface area (Å²) >= 11 is 0. The highest BCUT2D eigenvalue weighted by molar-refractivity contribution is 5.85. The van der Waals surface area contributed by atoms with Crippen LogP contribution in [0, 0.1) is 11.8 Å². The van der Waals surface area contributed by atoms with Crippen molar-refractivity contribution in [2.75, 3.05) is 26.2 Å². The van der Waals surface area contributed by atoms with Gasteiger partial charge in [-0.05, 0) is 51.1 Å². The zero-order chi connectivity index (χ0) is 13.5. The lowest BCUT2D eigenvalue weighted by molar-refractivity contribution is -0.123. The van der Waals surface area contributed by atoms with Gasteiger partial charge in [-0.2, -0.15) is 0 Å². The molecule has 1 saturated heterocycles. The van der Waals surface area contributed by atoms with E-state index in [9.17, 15) is 9.59 Å². The average Bonchev–Trinajstić information content (AvgIpc) is 3.27. The van der Waals surface area contributed by atoms with Crippen molar-refractivity contribution in [3.05, 3.63) is 0 Å². The zero-order valence-electron chi connectivity index (χ0n) is 12.0. The molecule has 1 aliphatic carbocycles. The third-order valence-electron chi connectivity index (χ3n) is 3.81. The number of nitrogens with one attached hydrogen (secondary N) is 3. The molecule has 1 heterocycles. The van der Waals surface area contributed by atoms with Gasteiger partial charge in [0.2, 0.25) is 11.8 Å². The van der Waals surface area contributed by atoms with Crippen molar-refractivity contribution in [3.8, 4) is 0 Å². The Morgan fingerprint density at radius 2 is 1.95 bits per heavy atom. The van der Waals surface area contributed by atoms with E-state index in [1.807, 2.05) is 0 Å². The molecule has 6 heteroatoms. The number of hydrogen-bond acceptors (Lipinski definition) is 3. The van der Waals surface area contributed by atoms with Crippen LogP contribution in [0.3, 0.4) is 0 Å². The molecule has 20 heavy (non-hydrogen) atoms. The van der Waals surface area contributed by atoms with Gasteiger partial charge in [-0.25, -0.2) is 0 Å². The first-order chi connectivity index (χ1) is 9.25. The Hall–Kier alpha value is -0.810. The van der Waals surface area contributed by atoms with Crippen molar-refractivity contribution in [3.63, 3.8) is 0 Å². The molecule has 1 aliphatic heterocycles. The van der Waals surface area contributed by atoms with Crippen LogP contribution in [-0.2, 0) is 9.59 Å². The maximum absolute atomic E-state index is 11.6. The van der Waals surface area contributed by atoms with E-state index in [0.29, 0.717) is 18.9 Å². The van der Waals surface area contributed by atoms with Crippen molar-refractivity contribution in [1.29, 1.82) is 0 Å². The van der Waals surface area contributed by atoms with Gasteiger partial charge in [-0.1, -0.05) is 0 Å². The summed E-state index contributed by atoms with van der Waals surface area (Å²) in [5, 5.41) is 9.20. The Balaban J connectivity index is 0.00000200. The number of amides is 2. The van der Waals surface area contributed by atoms with E-state index in [1.54, 1.807) is 0 Å². The summed E-state index contributed by atoms with van der Waals surface area (Å²) in [6.07, 6.45) is 5.69. The molecule has 2 amide bonds. The van der Waals surface area contributed by atoms with Gasteiger partial charge in [0.05, 0.1) is 0 Å². The molecule has 0 bridgehead atoms. The molecular weight excluding hydrogens is 278 g/mol. The van der Waals surface area contributed by atoms with Crippen LogP contribution in [0.2, 0.25) is 0 Å². The number of carbonyl (C=O) groups is 2. The van der Waals surface area contributed by atoms with Crippen LogP contribution in [0.5, 0.6) is 0 Å². The minimum absolute atomic E-state index is 0. The molecule has 2 rings (SSSR count). The van der Waals surface area contributed by atoms with Crippen LogP contribution in [0.25, 0.3) is 0 Å². The van der Waals surface area contributed by atoms with Crippen LogP contribution in [0.4, 0.5) is 0 Å². The summed E-state index contributed by atoms with van der Waals surface area (Å²) in [6.45, 7) is 3.51. The molecule has 0 radical (unpaired) electrons. The van der Waals surface area contributed by atoms with Gasteiger partial charge in [0.1, 0.15) is 0 Å². The highest BCUT2D eigenvalue weighted by atomic mass is 35.5. The monoisotopic (exact) mass is 303 g/mol. The predicted molar refractivity (Wildman–Crippen MR) is 80.8 cm³/mol. The quantitative estimate of drug-likeness (QED) is 0.610. The van der Waals surface area contributed by atoms with Gasteiger partial charge in [0.15, 0.2) is 0 Å². The number of halogens is 1. The van der Waals surface area contributed by atoms with E-state index in [1.165, 1.54) is 12.8 Å². The maximum Gasteiger partial charge on any atom is 0.223 e. The molecule has 2 fully saturated rings. The third kappa shape index (κ3) is 6.57. The minimum Gasteiger partial charge on any atom is -0.356 e. The second-order valence-corrected chi connectivity index (χ2v) is 5.69. The molecule has 0 aromatic heterocycles. The highest BCUT2D eigenvalue weighted by Gasteiger charge is 2.28. The second kappa shape index (κ2) is 9.19. The van der Waals surface area contributed by atoms with Crippen molar-refractivity contribution in [2.24, 2.45) is 11.8 Å². The summed E-state index contributed by atoms with van der Waals surface area (Å²) in [5.74, 6) is 1.10. The van der Waals surface area contributed by atoms with Crippen LogP contribution in [0.1, 0.15) is 38.5 Å². The largest absolute Gasteiger partial charge is 0.356 e. The smallest absolute Gasteiger partial charge is 0.223 e. The van der Waals surface area contributed by atoms with Crippen LogP contribution >= 0.6 is 12.4 Å². The van der Waals surface area contributed by atoms with Crippen LogP contribution in [-0.4, -0.2) is 38.0 Å². The fourth-order valence-electron chi connectivity index (χ4n) is 2.40. The Morgan fingerprint density at radius 3 is 2.60 bits per heavy atom. The number of piperidine rings is 1. The first-order valence-electron chi connectivity index (χ1n) is 7.51. The van der Waals surface area contributed by atoms with Gasteiger partial charge < -0.3 is 16.0 Å². The van der Waals surface area contributed by atoms with Crippen molar-refractivity contribution in [1.82, 2.24) is 16.0 Å². The molecule has 1 unspecified atom stereocenters. The molecular formula is C14H26ClN3O2. The fraction of sp³-hybridized carbons (Fsp3) is 0.857. The Kier molecular flexibility index (Phi) is 7.92. The summed E-state index contributed by atoms with van der Waals surface area (Å²) in [7, 11) is 0. The molecule has 0 spiro atoms. The van der Waals surface area contributed by atoms with E-state index >= 15 is 0 Å². The van der Waals surface area contributed by atoms with E-state index < -0.39 is 0 Å². The average molecular weight is 304 g/mol. The van der Waals surface area contributed by atoms with Gasteiger partial charge >= 0.3 is 0 Å². The Morgan fingerprint density at radius 1 is 1.15 bits per heavy atom. The molecule has 5 nitrogen and oxygen atoms in total. The first-order valence-corrected chi connectivity index (χ1v) is 7.51. The molecule has 3 N–H and O–H groups in total. The Bertz CT molecular complexity index is 316. The first kappa shape index (κ1) is 17.2. The lowest BCUT2D eigenvalue weighted by Crippen LogP contribution is -2.38. The van der Waals surface area contributed by atoms with Crippen LogP contribution in [0.15, 0.2) is 0 Å². The zero-order valence-corrected chi connectivity index (χ0v) is 12.8. The second-order valence-electron chi connectivity index (χ2n) is 5.69. The lowest BCUT2D eigenvalue weighted by atomic mass is 10.00. The summed E-state index contributed by atoms with van der Waals surface area (Å²) < 4.78 is 0. The van der Waals surface area contributed by atoms with Gasteiger partial charge in [-0.3, -0.25) is 9.59 Å². The summed E-state index contributed by atoms with van der Waals surface area (Å²) in [5.41, 5.74) is 0. The normalized spacial score (nSPS) is 21.7. The van der Waals surface area contributed by atoms with Crippen molar-refractivity contribution < 1.29 is 9.59 Å². The van der Waals surface area contributed by atoms with Crippen molar-refractivity contribution in [2.45, 2.75) is 38.5 Å². The summed E-state index contributed by atoms with van der Waals surface area (Å²) in [6, 6.07) is 0. The fourth-order valence-corrected chi connectivity index (χ4v) is 2.40. The summed E-state index contributed by atoms with van der Waals surface area (Å²) in [4.78, 5) is 23.0. The van der Waals surface area contributed by atoms with Gasteiger partial charge in [-0.15, -0.1) is 12.4 Å². The minimum atomic E-state index is 0. The van der Waals surface area contributed by atoms with E-state index in [-0.39, 0.29) is 30.1 Å². The van der Waals surface area contributed by atoms with E-state index in [0.717, 1.165) is 38.9 Å². The topological polar surface area (TPSA) is 70.2 Å². The third-order valence-corrected chi connectivity index (χ3v) is 3.81. The lowest BCUT2D eigenvalue weighted by Gasteiger charge is -2.22. The molecule has 2 aliphatic rings. The standard InChI is InChI=1S/C14H25N3O2.ClH/c18-13(17-10-11-3-1-7-15-9-11)4-2-8-16-14(19)12-5-6-12;/h11-12,15H,1-10H2,(H,16,19)(H,17,18);1H. The van der Waals surface area contributed by atoms with Gasteiger partial charge in [0.25, 0.3) is 0 Å². The highest BCUT2D eigenvalue weighted by Crippen LogP contribution is 2.28. The predicted octanol–water partition coefficient (Wildman–Crippen LogP) is 0.830. The molecule has 116 valence electrons. The van der Waals surface area contributed by atoms with E-state index in [2.05, 4.69) is 16.0 Å². The molecule has 0 aromatic rings. The van der Waals surface area contributed by atoms with E-state index in [4.69, 9.17) is 0 Å².